The van der Waals surface area contributed by atoms with Gasteiger partial charge in [0, 0.05) is 0 Å². The molecule has 3 rings (SSSR count). The lowest BCUT2D eigenvalue weighted by Crippen LogP contribution is -2.57. The van der Waals surface area contributed by atoms with Crippen molar-refractivity contribution in [1.82, 2.24) is 10.2 Å². The van der Waals surface area contributed by atoms with Crippen LogP contribution >= 0.6 is 0 Å². The third-order valence-electron chi connectivity index (χ3n) is 4.63. The molecule has 1 heterocycles. The van der Waals surface area contributed by atoms with Gasteiger partial charge in [-0.2, -0.15) is 0 Å². The van der Waals surface area contributed by atoms with E-state index >= 15 is 0 Å². The molecule has 2 aromatic carbocycles. The van der Waals surface area contributed by atoms with Gasteiger partial charge in [-0.3, -0.25) is 19.8 Å². The summed E-state index contributed by atoms with van der Waals surface area (Å²) in [5, 5.41) is 2.31. The lowest BCUT2D eigenvalue weighted by molar-refractivity contribution is -0.142. The maximum absolute atomic E-state index is 12.8. The molecule has 5 heteroatoms. The van der Waals surface area contributed by atoms with Crippen LogP contribution in [0.3, 0.4) is 0 Å². The Morgan fingerprint density at radius 3 is 2.19 bits per heavy atom. The first-order chi connectivity index (χ1) is 12.5. The topological polar surface area (TPSA) is 66.5 Å². The number of urea groups is 1. The number of hydrogen-bond acceptors (Lipinski definition) is 3. The van der Waals surface area contributed by atoms with E-state index in [4.69, 9.17) is 0 Å². The highest BCUT2D eigenvalue weighted by Gasteiger charge is 2.40. The zero-order valence-corrected chi connectivity index (χ0v) is 14.9. The molecule has 0 radical (unpaired) electrons. The monoisotopic (exact) mass is 350 g/mol. The van der Waals surface area contributed by atoms with Crippen LogP contribution in [0.1, 0.15) is 36.5 Å². The first-order valence-corrected chi connectivity index (χ1v) is 8.74. The molecule has 1 N–H and O–H groups in total. The fourth-order valence-electron chi connectivity index (χ4n) is 3.03. The van der Waals surface area contributed by atoms with E-state index in [1.165, 1.54) is 5.56 Å². The Labute approximate surface area is 153 Å². The van der Waals surface area contributed by atoms with Crippen LogP contribution in [-0.2, 0) is 22.6 Å². The molecule has 1 atom stereocenters. The highest BCUT2D eigenvalue weighted by Crippen LogP contribution is 2.20. The molecule has 134 valence electrons. The van der Waals surface area contributed by atoms with Gasteiger partial charge in [-0.05, 0) is 29.0 Å². The standard InChI is InChI=1S/C21H22N2O3/c1-14(2)17-10-8-15(9-11-17)12-18-19(24)22-21(26)23(20(18)25)13-16-6-4-3-5-7-16/h3-11,14,18H,12-13H2,1-2H3,(H,22,24,26). The first-order valence-electron chi connectivity index (χ1n) is 8.74. The van der Waals surface area contributed by atoms with Crippen molar-refractivity contribution in [2.75, 3.05) is 0 Å². The molecule has 0 aromatic heterocycles. The summed E-state index contributed by atoms with van der Waals surface area (Å²) in [5.74, 6) is -1.45. The highest BCUT2D eigenvalue weighted by atomic mass is 16.2. The van der Waals surface area contributed by atoms with Crippen molar-refractivity contribution in [3.8, 4) is 0 Å². The van der Waals surface area contributed by atoms with Gasteiger partial charge in [0.15, 0.2) is 0 Å². The van der Waals surface area contributed by atoms with Crippen molar-refractivity contribution in [1.29, 1.82) is 0 Å². The van der Waals surface area contributed by atoms with E-state index in [-0.39, 0.29) is 13.0 Å². The number of carbonyl (C=O) groups is 3. The molecular weight excluding hydrogens is 328 g/mol. The maximum Gasteiger partial charge on any atom is 0.331 e. The Morgan fingerprint density at radius 2 is 1.58 bits per heavy atom. The number of barbiturate groups is 1. The highest BCUT2D eigenvalue weighted by molar-refractivity contribution is 6.16. The Kier molecular flexibility index (Phi) is 5.16. The van der Waals surface area contributed by atoms with Crippen LogP contribution in [0.2, 0.25) is 0 Å². The molecule has 0 spiro atoms. The molecule has 0 aliphatic carbocycles. The van der Waals surface area contributed by atoms with Crippen molar-refractivity contribution in [2.45, 2.75) is 32.7 Å². The van der Waals surface area contributed by atoms with Gasteiger partial charge in [-0.1, -0.05) is 68.4 Å². The summed E-state index contributed by atoms with van der Waals surface area (Å²) in [6.07, 6.45) is 0.279. The van der Waals surface area contributed by atoms with Crippen LogP contribution in [0.15, 0.2) is 54.6 Å². The number of carbonyl (C=O) groups excluding carboxylic acids is 3. The number of amides is 4. The normalized spacial score (nSPS) is 17.6. The third kappa shape index (κ3) is 3.82. The van der Waals surface area contributed by atoms with E-state index in [1.807, 2.05) is 54.6 Å². The summed E-state index contributed by atoms with van der Waals surface area (Å²) in [7, 11) is 0. The molecule has 1 aliphatic rings. The van der Waals surface area contributed by atoms with E-state index < -0.39 is 23.8 Å². The number of benzene rings is 2. The molecule has 1 saturated heterocycles. The second-order valence-electron chi connectivity index (χ2n) is 6.86. The Hall–Kier alpha value is -2.95. The molecule has 2 aromatic rings. The molecular formula is C21H22N2O3. The first kappa shape index (κ1) is 17.9. The van der Waals surface area contributed by atoms with Gasteiger partial charge in [-0.15, -0.1) is 0 Å². The fourth-order valence-corrected chi connectivity index (χ4v) is 3.03. The fraction of sp³-hybridized carbons (Fsp3) is 0.286. The van der Waals surface area contributed by atoms with E-state index in [0.29, 0.717) is 5.92 Å². The smallest absolute Gasteiger partial charge is 0.277 e. The van der Waals surface area contributed by atoms with Crippen molar-refractivity contribution in [2.24, 2.45) is 5.92 Å². The Morgan fingerprint density at radius 1 is 0.923 bits per heavy atom. The minimum atomic E-state index is -0.888. The van der Waals surface area contributed by atoms with Crippen LogP contribution in [0.25, 0.3) is 0 Å². The molecule has 0 bridgehead atoms. The SMILES string of the molecule is CC(C)c1ccc(CC2C(=O)NC(=O)N(Cc3ccccc3)C2=O)cc1. The van der Waals surface area contributed by atoms with Gasteiger partial charge in [0.05, 0.1) is 6.54 Å². The molecule has 26 heavy (non-hydrogen) atoms. The van der Waals surface area contributed by atoms with Crippen molar-refractivity contribution < 1.29 is 14.4 Å². The Bertz CT molecular complexity index is 813. The van der Waals surface area contributed by atoms with Crippen LogP contribution in [0.5, 0.6) is 0 Å². The van der Waals surface area contributed by atoms with Gasteiger partial charge in [0.1, 0.15) is 5.92 Å². The third-order valence-corrected chi connectivity index (χ3v) is 4.63. The van der Waals surface area contributed by atoms with Gasteiger partial charge >= 0.3 is 6.03 Å². The summed E-state index contributed by atoms with van der Waals surface area (Å²) in [6, 6.07) is 16.5. The maximum atomic E-state index is 12.8. The zero-order valence-electron chi connectivity index (χ0n) is 14.9. The van der Waals surface area contributed by atoms with Gasteiger partial charge < -0.3 is 0 Å². The van der Waals surface area contributed by atoms with Crippen LogP contribution in [0, 0.1) is 5.92 Å². The average Bonchev–Trinajstić information content (AvgIpc) is 2.63. The minimum absolute atomic E-state index is 0.154. The second kappa shape index (κ2) is 7.52. The lowest BCUT2D eigenvalue weighted by atomic mass is 9.93. The number of nitrogens with zero attached hydrogens (tertiary/aromatic N) is 1. The van der Waals surface area contributed by atoms with Gasteiger partial charge in [-0.25, -0.2) is 4.79 Å². The molecule has 1 unspecified atom stereocenters. The molecule has 0 saturated carbocycles. The number of hydrogen-bond donors (Lipinski definition) is 1. The van der Waals surface area contributed by atoms with Gasteiger partial charge in [0.25, 0.3) is 0 Å². The van der Waals surface area contributed by atoms with E-state index in [0.717, 1.165) is 16.0 Å². The number of nitrogens with one attached hydrogen (secondary N) is 1. The van der Waals surface area contributed by atoms with Crippen molar-refractivity contribution in [3.05, 3.63) is 71.3 Å². The largest absolute Gasteiger partial charge is 0.331 e. The predicted molar refractivity (Wildman–Crippen MR) is 98.3 cm³/mol. The van der Waals surface area contributed by atoms with E-state index in [2.05, 4.69) is 19.2 Å². The molecule has 4 amide bonds. The van der Waals surface area contributed by atoms with Crippen LogP contribution < -0.4 is 5.32 Å². The summed E-state index contributed by atoms with van der Waals surface area (Å²) in [6.45, 7) is 4.38. The Balaban J connectivity index is 1.76. The van der Waals surface area contributed by atoms with Crippen molar-refractivity contribution in [3.63, 3.8) is 0 Å². The molecule has 5 nitrogen and oxygen atoms in total. The summed E-state index contributed by atoms with van der Waals surface area (Å²) in [4.78, 5) is 38.2. The second-order valence-corrected chi connectivity index (χ2v) is 6.86. The van der Waals surface area contributed by atoms with E-state index in [1.54, 1.807) is 0 Å². The molecule has 1 aliphatic heterocycles. The molecule has 1 fully saturated rings. The minimum Gasteiger partial charge on any atom is -0.277 e. The van der Waals surface area contributed by atoms with Crippen LogP contribution in [-0.4, -0.2) is 22.7 Å². The quantitative estimate of drug-likeness (QED) is 0.842. The predicted octanol–water partition coefficient (Wildman–Crippen LogP) is 3.25. The zero-order chi connectivity index (χ0) is 18.7. The summed E-state index contributed by atoms with van der Waals surface area (Å²) < 4.78 is 0. The summed E-state index contributed by atoms with van der Waals surface area (Å²) in [5.41, 5.74) is 2.94. The number of imide groups is 2. The van der Waals surface area contributed by atoms with Gasteiger partial charge in [0.2, 0.25) is 11.8 Å². The average molecular weight is 350 g/mol. The summed E-state index contributed by atoms with van der Waals surface area (Å²) >= 11 is 0. The van der Waals surface area contributed by atoms with Crippen molar-refractivity contribution >= 4 is 17.8 Å². The van der Waals surface area contributed by atoms with E-state index in [9.17, 15) is 14.4 Å². The van der Waals surface area contributed by atoms with Crippen LogP contribution in [0.4, 0.5) is 4.79 Å². The number of rotatable bonds is 5. The lowest BCUT2D eigenvalue weighted by Gasteiger charge is -2.30.